The molecule has 2 aromatic heterocycles. The van der Waals surface area contributed by atoms with E-state index >= 15 is 0 Å². The zero-order valence-electron chi connectivity index (χ0n) is 11.9. The van der Waals surface area contributed by atoms with Crippen molar-refractivity contribution < 1.29 is 4.74 Å². The Balaban J connectivity index is 2.22. The molecule has 2 aromatic rings. The van der Waals surface area contributed by atoms with Gasteiger partial charge in [-0.15, -0.1) is 0 Å². The molecule has 4 heteroatoms. The fraction of sp³-hybridized carbons (Fsp3) is 0.533. The predicted molar refractivity (Wildman–Crippen MR) is 76.9 cm³/mol. The Labute approximate surface area is 114 Å². The van der Waals surface area contributed by atoms with Crippen LogP contribution in [0.1, 0.15) is 18.2 Å². The number of aryl methyl sites for hydroxylation is 1. The second-order valence-electron chi connectivity index (χ2n) is 5.22. The van der Waals surface area contributed by atoms with Crippen LogP contribution in [0.2, 0.25) is 0 Å². The lowest BCUT2D eigenvalue weighted by atomic mass is 10.1. The Morgan fingerprint density at radius 3 is 2.84 bits per heavy atom. The molecule has 0 saturated heterocycles. The molecule has 0 bridgehead atoms. The number of likely N-dealkylation sites (N-methyl/N-ethyl adjacent to an activating group) is 1. The maximum atomic E-state index is 5.28. The number of fused-ring (bicyclic) bond motifs is 3. The van der Waals surface area contributed by atoms with Crippen LogP contribution >= 0.6 is 0 Å². The summed E-state index contributed by atoms with van der Waals surface area (Å²) in [5, 5.41) is 1.32. The van der Waals surface area contributed by atoms with Gasteiger partial charge in [0.05, 0.1) is 18.8 Å². The molecule has 0 radical (unpaired) electrons. The first kappa shape index (κ1) is 12.5. The first-order chi connectivity index (χ1) is 9.24. The van der Waals surface area contributed by atoms with Gasteiger partial charge >= 0.3 is 0 Å². The Morgan fingerprint density at radius 1 is 1.32 bits per heavy atom. The minimum Gasteiger partial charge on any atom is -0.481 e. The van der Waals surface area contributed by atoms with Gasteiger partial charge in [0, 0.05) is 43.2 Å². The quantitative estimate of drug-likeness (QED) is 0.827. The predicted octanol–water partition coefficient (Wildman–Crippen LogP) is 2.10. The molecule has 0 aliphatic carbocycles. The van der Waals surface area contributed by atoms with Gasteiger partial charge in [-0.1, -0.05) is 0 Å². The van der Waals surface area contributed by atoms with Crippen molar-refractivity contribution in [3.05, 3.63) is 23.5 Å². The first-order valence-electron chi connectivity index (χ1n) is 6.97. The zero-order valence-corrected chi connectivity index (χ0v) is 11.9. The Bertz CT molecular complexity index is 603. The highest BCUT2D eigenvalue weighted by atomic mass is 16.5. The van der Waals surface area contributed by atoms with Crippen molar-refractivity contribution in [2.75, 3.05) is 27.2 Å². The van der Waals surface area contributed by atoms with Crippen LogP contribution in [0.3, 0.4) is 0 Å². The van der Waals surface area contributed by atoms with Crippen molar-refractivity contribution in [2.24, 2.45) is 0 Å². The largest absolute Gasteiger partial charge is 0.481 e. The molecule has 1 aliphatic rings. The minimum absolute atomic E-state index is 0.709. The van der Waals surface area contributed by atoms with Gasteiger partial charge in [0.15, 0.2) is 0 Å². The standard InChI is InChI=1S/C15H21N3O/c1-4-18-13-6-8-17(2)7-5-11(13)12-9-15(19-3)16-10-14(12)18/h9-10H,4-8H2,1-3H3. The lowest BCUT2D eigenvalue weighted by Gasteiger charge is -2.13. The molecule has 4 nitrogen and oxygen atoms in total. The van der Waals surface area contributed by atoms with Gasteiger partial charge in [-0.25, -0.2) is 4.98 Å². The molecule has 0 fully saturated rings. The third kappa shape index (κ3) is 2.00. The van der Waals surface area contributed by atoms with Gasteiger partial charge in [0.25, 0.3) is 0 Å². The monoisotopic (exact) mass is 259 g/mol. The molecular formula is C15H21N3O. The number of methoxy groups -OCH3 is 1. The molecule has 0 aromatic carbocycles. The molecule has 0 atom stereocenters. The van der Waals surface area contributed by atoms with Crippen molar-refractivity contribution in [3.8, 4) is 5.88 Å². The van der Waals surface area contributed by atoms with Crippen molar-refractivity contribution in [2.45, 2.75) is 26.3 Å². The maximum absolute atomic E-state index is 5.28. The lowest BCUT2D eigenvalue weighted by Crippen LogP contribution is -2.21. The molecule has 0 saturated carbocycles. The highest BCUT2D eigenvalue weighted by molar-refractivity contribution is 5.86. The summed E-state index contributed by atoms with van der Waals surface area (Å²) in [5.74, 6) is 0.709. The number of pyridine rings is 1. The first-order valence-corrected chi connectivity index (χ1v) is 6.97. The summed E-state index contributed by atoms with van der Waals surface area (Å²) in [6, 6.07) is 2.09. The van der Waals surface area contributed by atoms with Crippen LogP contribution in [0.15, 0.2) is 12.3 Å². The van der Waals surface area contributed by atoms with Crippen LogP contribution in [-0.2, 0) is 19.4 Å². The molecule has 102 valence electrons. The van der Waals surface area contributed by atoms with E-state index in [1.54, 1.807) is 7.11 Å². The van der Waals surface area contributed by atoms with Crippen LogP contribution in [0.25, 0.3) is 10.9 Å². The Kier molecular flexibility index (Phi) is 3.19. The second kappa shape index (κ2) is 4.85. The lowest BCUT2D eigenvalue weighted by molar-refractivity contribution is 0.351. The number of ether oxygens (including phenoxy) is 1. The molecule has 0 amide bonds. The Hall–Kier alpha value is -1.55. The van der Waals surface area contributed by atoms with E-state index in [1.807, 2.05) is 6.20 Å². The zero-order chi connectivity index (χ0) is 13.4. The van der Waals surface area contributed by atoms with Gasteiger partial charge in [0.1, 0.15) is 0 Å². The summed E-state index contributed by atoms with van der Waals surface area (Å²) in [5.41, 5.74) is 4.22. The molecular weight excluding hydrogens is 238 g/mol. The highest BCUT2D eigenvalue weighted by Crippen LogP contribution is 2.30. The van der Waals surface area contributed by atoms with Gasteiger partial charge in [-0.05, 0) is 26.0 Å². The smallest absolute Gasteiger partial charge is 0.213 e. The summed E-state index contributed by atoms with van der Waals surface area (Å²) in [7, 11) is 3.88. The van der Waals surface area contributed by atoms with Crippen LogP contribution in [0.4, 0.5) is 0 Å². The summed E-state index contributed by atoms with van der Waals surface area (Å²) >= 11 is 0. The van der Waals surface area contributed by atoms with Crippen LogP contribution < -0.4 is 4.74 Å². The third-order valence-electron chi connectivity index (χ3n) is 4.15. The fourth-order valence-electron chi connectivity index (χ4n) is 3.10. The molecule has 3 heterocycles. The summed E-state index contributed by atoms with van der Waals surface area (Å²) in [6.07, 6.45) is 4.19. The van der Waals surface area contributed by atoms with Crippen molar-refractivity contribution >= 4 is 10.9 Å². The van der Waals surface area contributed by atoms with E-state index in [-0.39, 0.29) is 0 Å². The van der Waals surface area contributed by atoms with Crippen molar-refractivity contribution in [1.82, 2.24) is 14.5 Å². The molecule has 1 aliphatic heterocycles. The summed E-state index contributed by atoms with van der Waals surface area (Å²) in [6.45, 7) is 5.47. The normalized spacial score (nSPS) is 16.4. The van der Waals surface area contributed by atoms with E-state index in [0.717, 1.165) is 32.5 Å². The van der Waals surface area contributed by atoms with Crippen molar-refractivity contribution in [1.29, 1.82) is 0 Å². The van der Waals surface area contributed by atoms with Crippen molar-refractivity contribution in [3.63, 3.8) is 0 Å². The number of hydrogen-bond donors (Lipinski definition) is 0. The van der Waals surface area contributed by atoms with E-state index in [0.29, 0.717) is 5.88 Å². The average molecular weight is 259 g/mol. The third-order valence-corrected chi connectivity index (χ3v) is 4.15. The molecule has 19 heavy (non-hydrogen) atoms. The maximum Gasteiger partial charge on any atom is 0.213 e. The molecule has 0 unspecified atom stereocenters. The van der Waals surface area contributed by atoms with Gasteiger partial charge in [-0.3, -0.25) is 0 Å². The van der Waals surface area contributed by atoms with E-state index in [9.17, 15) is 0 Å². The second-order valence-corrected chi connectivity index (χ2v) is 5.22. The van der Waals surface area contributed by atoms with E-state index in [1.165, 1.54) is 22.2 Å². The number of hydrogen-bond acceptors (Lipinski definition) is 3. The highest BCUT2D eigenvalue weighted by Gasteiger charge is 2.20. The van der Waals surface area contributed by atoms with Gasteiger partial charge < -0.3 is 14.2 Å². The van der Waals surface area contributed by atoms with Crippen LogP contribution in [-0.4, -0.2) is 41.7 Å². The number of rotatable bonds is 2. The average Bonchev–Trinajstić information content (AvgIpc) is 2.61. The van der Waals surface area contributed by atoms with Gasteiger partial charge in [-0.2, -0.15) is 0 Å². The minimum atomic E-state index is 0.709. The summed E-state index contributed by atoms with van der Waals surface area (Å²) < 4.78 is 7.69. The van der Waals surface area contributed by atoms with E-state index in [2.05, 4.69) is 34.5 Å². The Morgan fingerprint density at radius 2 is 2.11 bits per heavy atom. The number of nitrogens with zero attached hydrogens (tertiary/aromatic N) is 3. The molecule has 0 spiro atoms. The van der Waals surface area contributed by atoms with E-state index < -0.39 is 0 Å². The fourth-order valence-corrected chi connectivity index (χ4v) is 3.10. The SMILES string of the molecule is CCn1c2c(c3cc(OC)ncc31)CCN(C)CC2. The van der Waals surface area contributed by atoms with Gasteiger partial charge in [0.2, 0.25) is 5.88 Å². The van der Waals surface area contributed by atoms with E-state index in [4.69, 9.17) is 4.74 Å². The summed E-state index contributed by atoms with van der Waals surface area (Å²) in [4.78, 5) is 6.77. The van der Waals surface area contributed by atoms with Crippen LogP contribution in [0.5, 0.6) is 5.88 Å². The van der Waals surface area contributed by atoms with Crippen LogP contribution in [0, 0.1) is 0 Å². The molecule has 3 rings (SSSR count). The molecule has 0 N–H and O–H groups in total. The number of aromatic nitrogens is 2. The topological polar surface area (TPSA) is 30.3 Å².